The number of nitrogens with zero attached hydrogens (tertiary/aromatic N) is 1. The quantitative estimate of drug-likeness (QED) is 0.504. The highest BCUT2D eigenvalue weighted by Gasteiger charge is 2.26. The SMILES string of the molecule is N#Cc1c(N)c2c(c3[nH]ccc13)C(=N)C=C2N. The number of benzene rings is 1. The van der Waals surface area contributed by atoms with E-state index in [2.05, 4.69) is 11.1 Å². The summed E-state index contributed by atoms with van der Waals surface area (Å²) in [4.78, 5) is 3.04. The number of anilines is 1. The normalized spacial score (nSPS) is 13.6. The minimum Gasteiger partial charge on any atom is -0.398 e. The first-order valence-electron chi connectivity index (χ1n) is 5.04. The lowest BCUT2D eigenvalue weighted by Gasteiger charge is -2.09. The van der Waals surface area contributed by atoms with Crippen molar-refractivity contribution < 1.29 is 0 Å². The molecule has 0 fully saturated rings. The molecule has 0 amide bonds. The van der Waals surface area contributed by atoms with Gasteiger partial charge in [-0.3, -0.25) is 0 Å². The summed E-state index contributed by atoms with van der Waals surface area (Å²) in [5.41, 5.74) is 15.3. The van der Waals surface area contributed by atoms with Crippen molar-refractivity contribution in [3.05, 3.63) is 35.0 Å². The van der Waals surface area contributed by atoms with Crippen molar-refractivity contribution in [1.29, 1.82) is 10.7 Å². The molecule has 0 saturated heterocycles. The number of hydrogen-bond acceptors (Lipinski definition) is 4. The number of allylic oxidation sites excluding steroid dienone is 1. The van der Waals surface area contributed by atoms with E-state index in [4.69, 9.17) is 22.1 Å². The average molecular weight is 223 g/mol. The second kappa shape index (κ2) is 2.89. The molecule has 1 aliphatic rings. The summed E-state index contributed by atoms with van der Waals surface area (Å²) in [7, 11) is 0. The number of nitriles is 1. The first kappa shape index (κ1) is 9.48. The van der Waals surface area contributed by atoms with E-state index < -0.39 is 0 Å². The zero-order chi connectivity index (χ0) is 12.2. The molecule has 0 spiro atoms. The molecule has 0 atom stereocenters. The Bertz CT molecular complexity index is 742. The van der Waals surface area contributed by atoms with Gasteiger partial charge in [0.25, 0.3) is 0 Å². The summed E-state index contributed by atoms with van der Waals surface area (Å²) in [6.07, 6.45) is 3.29. The van der Waals surface area contributed by atoms with Crippen LogP contribution in [0.1, 0.15) is 16.7 Å². The predicted molar refractivity (Wildman–Crippen MR) is 66.4 cm³/mol. The number of fused-ring (bicyclic) bond motifs is 3. The molecule has 1 aliphatic carbocycles. The highest BCUT2D eigenvalue weighted by Crippen LogP contribution is 2.37. The van der Waals surface area contributed by atoms with E-state index >= 15 is 0 Å². The maximum atomic E-state index is 9.16. The number of rotatable bonds is 0. The first-order valence-corrected chi connectivity index (χ1v) is 5.04. The molecule has 5 nitrogen and oxygen atoms in total. The molecule has 2 aromatic rings. The molecule has 0 aliphatic heterocycles. The van der Waals surface area contributed by atoms with Gasteiger partial charge >= 0.3 is 0 Å². The maximum Gasteiger partial charge on any atom is 0.102 e. The molecule has 1 heterocycles. The summed E-state index contributed by atoms with van der Waals surface area (Å²) < 4.78 is 0. The third-order valence-electron chi connectivity index (χ3n) is 3.02. The number of nitrogens with one attached hydrogen (secondary N) is 2. The van der Waals surface area contributed by atoms with Crippen LogP contribution in [0, 0.1) is 16.7 Å². The largest absolute Gasteiger partial charge is 0.398 e. The number of aromatic amines is 1. The van der Waals surface area contributed by atoms with Gasteiger partial charge in [0, 0.05) is 28.4 Å². The van der Waals surface area contributed by atoms with Crippen LogP contribution in [0.4, 0.5) is 5.69 Å². The topological polar surface area (TPSA) is 115 Å². The van der Waals surface area contributed by atoms with E-state index in [0.29, 0.717) is 33.8 Å². The van der Waals surface area contributed by atoms with Gasteiger partial charge in [0.05, 0.1) is 22.5 Å². The number of nitrogen functional groups attached to an aromatic ring is 1. The van der Waals surface area contributed by atoms with Crippen LogP contribution in [0.25, 0.3) is 16.6 Å². The first-order chi connectivity index (χ1) is 8.15. The standard InChI is InChI=1S/C12H9N5/c13-4-6-5-1-2-17-12(5)10-8(15)3-7(14)9(10)11(6)16/h1-3,15,17H,14,16H2. The van der Waals surface area contributed by atoms with Crippen molar-refractivity contribution in [2.24, 2.45) is 5.73 Å². The fourth-order valence-electron chi connectivity index (χ4n) is 2.30. The minimum atomic E-state index is 0.320. The Labute approximate surface area is 96.8 Å². The Hall–Kier alpha value is -2.74. The Balaban J connectivity index is 2.60. The molecule has 3 rings (SSSR count). The maximum absolute atomic E-state index is 9.16. The number of hydrogen-bond donors (Lipinski definition) is 4. The zero-order valence-corrected chi connectivity index (χ0v) is 8.83. The zero-order valence-electron chi connectivity index (χ0n) is 8.83. The molecule has 5 heteroatoms. The van der Waals surface area contributed by atoms with Gasteiger partial charge in [-0.05, 0) is 12.1 Å². The van der Waals surface area contributed by atoms with Gasteiger partial charge in [0.1, 0.15) is 6.07 Å². The van der Waals surface area contributed by atoms with Crippen molar-refractivity contribution >= 4 is 28.0 Å². The van der Waals surface area contributed by atoms with E-state index in [9.17, 15) is 0 Å². The fourth-order valence-corrected chi connectivity index (χ4v) is 2.30. The van der Waals surface area contributed by atoms with E-state index in [0.717, 1.165) is 10.9 Å². The molecule has 17 heavy (non-hydrogen) atoms. The number of aromatic nitrogens is 1. The molecule has 0 bridgehead atoms. The number of nitrogens with two attached hydrogens (primary N) is 2. The average Bonchev–Trinajstić information content (AvgIpc) is 2.84. The van der Waals surface area contributed by atoms with E-state index in [1.54, 1.807) is 18.3 Å². The van der Waals surface area contributed by atoms with Crippen molar-refractivity contribution in [2.75, 3.05) is 5.73 Å². The van der Waals surface area contributed by atoms with Gasteiger partial charge in [-0.15, -0.1) is 0 Å². The second-order valence-corrected chi connectivity index (χ2v) is 3.93. The van der Waals surface area contributed by atoms with Gasteiger partial charge in [-0.2, -0.15) is 5.26 Å². The molecule has 1 aromatic carbocycles. The van der Waals surface area contributed by atoms with Gasteiger partial charge in [0.2, 0.25) is 0 Å². The molecule has 0 unspecified atom stereocenters. The second-order valence-electron chi connectivity index (χ2n) is 3.93. The van der Waals surface area contributed by atoms with Crippen LogP contribution < -0.4 is 11.5 Å². The van der Waals surface area contributed by atoms with Gasteiger partial charge in [-0.1, -0.05) is 0 Å². The van der Waals surface area contributed by atoms with E-state index in [1.165, 1.54) is 0 Å². The third kappa shape index (κ3) is 0.988. The van der Waals surface area contributed by atoms with E-state index in [1.807, 2.05) is 0 Å². The summed E-state index contributed by atoms with van der Waals surface area (Å²) in [6.45, 7) is 0. The Morgan fingerprint density at radius 2 is 2.06 bits per heavy atom. The number of H-pyrrole nitrogens is 1. The molecular weight excluding hydrogens is 214 g/mol. The van der Waals surface area contributed by atoms with Crippen LogP contribution in [0.3, 0.4) is 0 Å². The van der Waals surface area contributed by atoms with Gasteiger partial charge < -0.3 is 21.9 Å². The van der Waals surface area contributed by atoms with Crippen molar-refractivity contribution in [3.8, 4) is 6.07 Å². The van der Waals surface area contributed by atoms with Gasteiger partial charge in [0.15, 0.2) is 0 Å². The van der Waals surface area contributed by atoms with Crippen molar-refractivity contribution in [1.82, 2.24) is 4.98 Å². The summed E-state index contributed by atoms with van der Waals surface area (Å²) in [5, 5.41) is 17.8. The van der Waals surface area contributed by atoms with Crippen molar-refractivity contribution in [2.45, 2.75) is 0 Å². The lowest BCUT2D eigenvalue weighted by atomic mass is 9.97. The molecule has 0 saturated carbocycles. The molecule has 1 aromatic heterocycles. The Morgan fingerprint density at radius 3 is 2.76 bits per heavy atom. The molecule has 82 valence electrons. The van der Waals surface area contributed by atoms with Crippen LogP contribution in [-0.2, 0) is 0 Å². The minimum absolute atomic E-state index is 0.320. The van der Waals surface area contributed by atoms with Crippen LogP contribution in [0.15, 0.2) is 18.3 Å². The summed E-state index contributed by atoms with van der Waals surface area (Å²) in [5.74, 6) is 0. The van der Waals surface area contributed by atoms with Crippen molar-refractivity contribution in [3.63, 3.8) is 0 Å². The Kier molecular flexibility index (Phi) is 1.61. The highest BCUT2D eigenvalue weighted by molar-refractivity contribution is 6.25. The lowest BCUT2D eigenvalue weighted by molar-refractivity contribution is 1.43. The Morgan fingerprint density at radius 1 is 1.29 bits per heavy atom. The monoisotopic (exact) mass is 223 g/mol. The third-order valence-corrected chi connectivity index (χ3v) is 3.02. The summed E-state index contributed by atoms with van der Waals surface area (Å²) >= 11 is 0. The predicted octanol–water partition coefficient (Wildman–Crippen LogP) is 1.30. The molecular formula is C12H9N5. The van der Waals surface area contributed by atoms with Crippen LogP contribution in [0.5, 0.6) is 0 Å². The van der Waals surface area contributed by atoms with Crippen LogP contribution in [0.2, 0.25) is 0 Å². The van der Waals surface area contributed by atoms with Crippen LogP contribution >= 0.6 is 0 Å². The smallest absolute Gasteiger partial charge is 0.102 e. The lowest BCUT2D eigenvalue weighted by Crippen LogP contribution is -2.04. The van der Waals surface area contributed by atoms with Crippen LogP contribution in [-0.4, -0.2) is 10.7 Å². The fraction of sp³-hybridized carbons (Fsp3) is 0. The molecule has 6 N–H and O–H groups in total. The van der Waals surface area contributed by atoms with E-state index in [-0.39, 0.29) is 0 Å². The molecule has 0 radical (unpaired) electrons. The highest BCUT2D eigenvalue weighted by atomic mass is 14.7. The van der Waals surface area contributed by atoms with Gasteiger partial charge in [-0.25, -0.2) is 0 Å². The summed E-state index contributed by atoms with van der Waals surface area (Å²) in [6, 6.07) is 3.88.